The fourth-order valence-corrected chi connectivity index (χ4v) is 4.10. The zero-order valence-electron chi connectivity index (χ0n) is 16.5. The lowest BCUT2D eigenvalue weighted by Gasteiger charge is -2.10. The molecule has 3 aromatic rings. The molecule has 0 radical (unpaired) electrons. The number of carbonyl (C=O) groups excluding carboxylic acids is 2. The Bertz CT molecular complexity index is 1080. The van der Waals surface area contributed by atoms with E-state index in [0.29, 0.717) is 20.2 Å². The monoisotopic (exact) mass is 479 g/mol. The van der Waals surface area contributed by atoms with Gasteiger partial charge in [-0.1, -0.05) is 40.8 Å². The molecule has 0 aliphatic heterocycles. The highest BCUT2D eigenvalue weighted by Crippen LogP contribution is 2.28. The Morgan fingerprint density at radius 1 is 1.10 bits per heavy atom. The first-order valence-electron chi connectivity index (χ1n) is 8.78. The maximum absolute atomic E-state index is 12.3. The molecule has 162 valence electrons. The van der Waals surface area contributed by atoms with Crippen LogP contribution in [0.1, 0.15) is 10.4 Å². The molecule has 12 heteroatoms. The number of nitrogens with zero attached hydrogens (tertiary/aromatic N) is 2. The molecule has 2 amide bonds. The van der Waals surface area contributed by atoms with Crippen molar-refractivity contribution in [1.82, 2.24) is 21.0 Å². The van der Waals surface area contributed by atoms with Crippen molar-refractivity contribution in [3.05, 3.63) is 53.1 Å². The first-order valence-corrected chi connectivity index (χ1v) is 11.0. The number of benzene rings is 2. The third-order valence-electron chi connectivity index (χ3n) is 3.78. The van der Waals surface area contributed by atoms with Crippen LogP contribution >= 0.6 is 34.7 Å². The highest BCUT2D eigenvalue weighted by molar-refractivity contribution is 8.01. The number of amides is 2. The largest absolute Gasteiger partial charge is 0.497 e. The summed E-state index contributed by atoms with van der Waals surface area (Å²) in [4.78, 5) is 24.3. The Labute approximate surface area is 191 Å². The van der Waals surface area contributed by atoms with Gasteiger partial charge in [0.1, 0.15) is 11.5 Å². The number of hydrogen-bond donors (Lipinski definition) is 3. The fraction of sp³-hybridized carbons (Fsp3) is 0.158. The predicted molar refractivity (Wildman–Crippen MR) is 121 cm³/mol. The van der Waals surface area contributed by atoms with Gasteiger partial charge in [0.05, 0.1) is 25.5 Å². The Kier molecular flexibility index (Phi) is 7.93. The molecular formula is C19H18ClN5O4S2. The molecule has 31 heavy (non-hydrogen) atoms. The van der Waals surface area contributed by atoms with Crippen LogP contribution in [0.15, 0.2) is 46.8 Å². The van der Waals surface area contributed by atoms with E-state index in [-0.39, 0.29) is 11.3 Å². The topological polar surface area (TPSA) is 114 Å². The van der Waals surface area contributed by atoms with E-state index >= 15 is 0 Å². The third-order valence-corrected chi connectivity index (χ3v) is 5.98. The minimum absolute atomic E-state index is 0.0424. The molecule has 0 spiro atoms. The smallest absolute Gasteiger partial charge is 0.273 e. The van der Waals surface area contributed by atoms with Crippen molar-refractivity contribution < 1.29 is 19.1 Å². The van der Waals surface area contributed by atoms with Gasteiger partial charge < -0.3 is 14.8 Å². The van der Waals surface area contributed by atoms with Gasteiger partial charge in [-0.15, -0.1) is 10.2 Å². The maximum Gasteiger partial charge on any atom is 0.273 e. The van der Waals surface area contributed by atoms with Crippen molar-refractivity contribution in [2.45, 2.75) is 4.34 Å². The van der Waals surface area contributed by atoms with Crippen molar-refractivity contribution in [2.75, 3.05) is 25.3 Å². The van der Waals surface area contributed by atoms with Gasteiger partial charge in [0, 0.05) is 16.8 Å². The number of ether oxygens (including phenoxy) is 2. The minimum Gasteiger partial charge on any atom is -0.497 e. The Morgan fingerprint density at radius 3 is 2.71 bits per heavy atom. The fourth-order valence-electron chi connectivity index (χ4n) is 2.36. The SMILES string of the molecule is COc1cccc(Nc2nnc(SCC(=O)NNC(=O)c3cc(Cl)ccc3OC)s2)c1. The van der Waals surface area contributed by atoms with Crippen LogP contribution in [-0.4, -0.2) is 42.0 Å². The van der Waals surface area contributed by atoms with Gasteiger partial charge >= 0.3 is 0 Å². The summed E-state index contributed by atoms with van der Waals surface area (Å²) in [5, 5.41) is 12.2. The second-order valence-electron chi connectivity index (χ2n) is 5.87. The van der Waals surface area contributed by atoms with Crippen molar-refractivity contribution in [3.63, 3.8) is 0 Å². The van der Waals surface area contributed by atoms with Crippen LogP contribution in [0.5, 0.6) is 11.5 Å². The average Bonchev–Trinajstić information content (AvgIpc) is 3.23. The molecular weight excluding hydrogens is 462 g/mol. The number of hydrogen-bond acceptors (Lipinski definition) is 9. The van der Waals surface area contributed by atoms with Crippen molar-refractivity contribution in [3.8, 4) is 11.5 Å². The molecule has 3 N–H and O–H groups in total. The molecule has 9 nitrogen and oxygen atoms in total. The molecule has 1 heterocycles. The number of anilines is 2. The van der Waals surface area contributed by atoms with Crippen molar-refractivity contribution >= 4 is 57.3 Å². The number of halogens is 1. The van der Waals surface area contributed by atoms with Gasteiger partial charge in [-0.2, -0.15) is 0 Å². The summed E-state index contributed by atoms with van der Waals surface area (Å²) in [7, 11) is 3.03. The number of rotatable bonds is 8. The molecule has 0 unspecified atom stereocenters. The predicted octanol–water partition coefficient (Wildman–Crippen LogP) is 3.51. The molecule has 0 saturated heterocycles. The highest BCUT2D eigenvalue weighted by Gasteiger charge is 2.14. The zero-order chi connectivity index (χ0) is 22.2. The van der Waals surface area contributed by atoms with Crippen LogP contribution in [-0.2, 0) is 4.79 Å². The quantitative estimate of drug-likeness (QED) is 0.332. The molecule has 0 aliphatic carbocycles. The van der Waals surface area contributed by atoms with E-state index < -0.39 is 11.8 Å². The zero-order valence-corrected chi connectivity index (χ0v) is 18.9. The molecule has 0 fully saturated rings. The molecule has 0 bridgehead atoms. The van der Waals surface area contributed by atoms with Crippen LogP contribution in [0.4, 0.5) is 10.8 Å². The van der Waals surface area contributed by atoms with Crippen LogP contribution in [0.25, 0.3) is 0 Å². The lowest BCUT2D eigenvalue weighted by Crippen LogP contribution is -2.42. The van der Waals surface area contributed by atoms with Gasteiger partial charge in [-0.3, -0.25) is 20.4 Å². The molecule has 2 aromatic carbocycles. The summed E-state index contributed by atoms with van der Waals surface area (Å²) >= 11 is 8.41. The van der Waals surface area contributed by atoms with E-state index in [4.69, 9.17) is 21.1 Å². The normalized spacial score (nSPS) is 10.3. The van der Waals surface area contributed by atoms with Crippen molar-refractivity contribution in [2.24, 2.45) is 0 Å². The molecule has 0 atom stereocenters. The number of hydrazine groups is 1. The van der Waals surface area contributed by atoms with Gasteiger partial charge in [0.15, 0.2) is 4.34 Å². The van der Waals surface area contributed by atoms with Gasteiger partial charge in [0.25, 0.3) is 5.91 Å². The summed E-state index contributed by atoms with van der Waals surface area (Å²) in [6.07, 6.45) is 0. The highest BCUT2D eigenvalue weighted by atomic mass is 35.5. The van der Waals surface area contributed by atoms with E-state index in [1.165, 1.54) is 36.3 Å². The second-order valence-corrected chi connectivity index (χ2v) is 8.50. The van der Waals surface area contributed by atoms with E-state index in [2.05, 4.69) is 26.4 Å². The molecule has 0 aliphatic rings. The Balaban J connectivity index is 1.48. The molecule has 3 rings (SSSR count). The third kappa shape index (κ3) is 6.48. The first kappa shape index (κ1) is 22.7. The molecule has 1 aromatic heterocycles. The van der Waals surface area contributed by atoms with Crippen molar-refractivity contribution in [1.29, 1.82) is 0 Å². The van der Waals surface area contributed by atoms with Gasteiger partial charge in [-0.25, -0.2) is 0 Å². The number of nitrogens with one attached hydrogen (secondary N) is 3. The van der Waals surface area contributed by atoms with E-state index in [9.17, 15) is 9.59 Å². The lowest BCUT2D eigenvalue weighted by molar-refractivity contribution is -0.119. The van der Waals surface area contributed by atoms with Crippen LogP contribution in [0.2, 0.25) is 5.02 Å². The summed E-state index contributed by atoms with van der Waals surface area (Å²) in [6, 6.07) is 12.0. The lowest BCUT2D eigenvalue weighted by atomic mass is 10.2. The minimum atomic E-state index is -0.543. The van der Waals surface area contributed by atoms with E-state index in [0.717, 1.165) is 11.4 Å². The summed E-state index contributed by atoms with van der Waals surface area (Å²) in [5.74, 6) is 0.157. The second kappa shape index (κ2) is 10.8. The summed E-state index contributed by atoms with van der Waals surface area (Å²) < 4.78 is 10.9. The van der Waals surface area contributed by atoms with Gasteiger partial charge in [-0.05, 0) is 30.3 Å². The van der Waals surface area contributed by atoms with Crippen LogP contribution < -0.4 is 25.6 Å². The summed E-state index contributed by atoms with van der Waals surface area (Å²) in [5.41, 5.74) is 5.71. The number of methoxy groups -OCH3 is 2. The standard InChI is InChI=1S/C19H18ClN5O4S2/c1-28-13-5-3-4-12(9-13)21-18-24-25-19(31-18)30-10-16(26)22-23-17(27)14-8-11(20)6-7-15(14)29-2/h3-9H,10H2,1-2H3,(H,21,24)(H,22,26)(H,23,27). The Morgan fingerprint density at radius 2 is 1.94 bits per heavy atom. The number of thioether (sulfide) groups is 1. The summed E-state index contributed by atoms with van der Waals surface area (Å²) in [6.45, 7) is 0. The van der Waals surface area contributed by atoms with Gasteiger partial charge in [0.2, 0.25) is 11.0 Å². The first-order chi connectivity index (χ1) is 15.0. The Hall–Kier alpha value is -3.02. The van der Waals surface area contributed by atoms with Crippen LogP contribution in [0, 0.1) is 0 Å². The average molecular weight is 480 g/mol. The van der Waals surface area contributed by atoms with E-state index in [1.807, 2.05) is 24.3 Å². The van der Waals surface area contributed by atoms with E-state index in [1.54, 1.807) is 19.2 Å². The number of aromatic nitrogens is 2. The molecule has 0 saturated carbocycles. The van der Waals surface area contributed by atoms with Crippen LogP contribution in [0.3, 0.4) is 0 Å². The number of carbonyl (C=O) groups is 2. The maximum atomic E-state index is 12.3.